The molecule has 0 aliphatic heterocycles. The lowest BCUT2D eigenvalue weighted by Crippen LogP contribution is -2.03. The van der Waals surface area contributed by atoms with Gasteiger partial charge in [-0.05, 0) is 36.2 Å². The Morgan fingerprint density at radius 1 is 1.29 bits per heavy atom. The minimum Gasteiger partial charge on any atom is -0.236 e. The SMILES string of the molecule is CC(C)c1cc(C#N)nn1-c1ccc(Br)cc1. The lowest BCUT2D eigenvalue weighted by molar-refractivity contribution is 0.733. The van der Waals surface area contributed by atoms with Gasteiger partial charge in [-0.2, -0.15) is 10.4 Å². The van der Waals surface area contributed by atoms with E-state index in [4.69, 9.17) is 5.26 Å². The monoisotopic (exact) mass is 289 g/mol. The number of halogens is 1. The normalized spacial score (nSPS) is 10.5. The molecule has 1 aromatic carbocycles. The average molecular weight is 290 g/mol. The maximum atomic E-state index is 8.91. The van der Waals surface area contributed by atoms with Gasteiger partial charge in [0.1, 0.15) is 6.07 Å². The van der Waals surface area contributed by atoms with Crippen LogP contribution in [0, 0.1) is 11.3 Å². The second-order valence-corrected chi connectivity index (χ2v) is 5.02. The van der Waals surface area contributed by atoms with E-state index in [1.807, 2.05) is 35.0 Å². The molecule has 0 amide bonds. The van der Waals surface area contributed by atoms with Crippen molar-refractivity contribution in [3.05, 3.63) is 46.2 Å². The molecule has 2 rings (SSSR count). The minimum absolute atomic E-state index is 0.327. The molecule has 1 heterocycles. The minimum atomic E-state index is 0.327. The molecule has 3 nitrogen and oxygen atoms in total. The first kappa shape index (κ1) is 11.9. The highest BCUT2D eigenvalue weighted by Gasteiger charge is 2.12. The van der Waals surface area contributed by atoms with Crippen LogP contribution in [0.25, 0.3) is 5.69 Å². The summed E-state index contributed by atoms with van der Waals surface area (Å²) in [5, 5.41) is 13.2. The van der Waals surface area contributed by atoms with E-state index in [1.54, 1.807) is 0 Å². The topological polar surface area (TPSA) is 41.6 Å². The summed E-state index contributed by atoms with van der Waals surface area (Å²) >= 11 is 3.40. The summed E-state index contributed by atoms with van der Waals surface area (Å²) in [6.45, 7) is 4.18. The van der Waals surface area contributed by atoms with E-state index in [-0.39, 0.29) is 0 Å². The Balaban J connectivity index is 2.54. The predicted molar refractivity (Wildman–Crippen MR) is 70.1 cm³/mol. The van der Waals surface area contributed by atoms with Crippen LogP contribution < -0.4 is 0 Å². The lowest BCUT2D eigenvalue weighted by atomic mass is 10.1. The Morgan fingerprint density at radius 2 is 1.94 bits per heavy atom. The maximum Gasteiger partial charge on any atom is 0.163 e. The molecule has 0 saturated heterocycles. The molecule has 0 spiro atoms. The molecule has 86 valence electrons. The third-order valence-electron chi connectivity index (χ3n) is 2.51. The molecule has 0 radical (unpaired) electrons. The van der Waals surface area contributed by atoms with E-state index >= 15 is 0 Å². The summed E-state index contributed by atoms with van der Waals surface area (Å²) in [7, 11) is 0. The number of rotatable bonds is 2. The summed E-state index contributed by atoms with van der Waals surface area (Å²) in [5.74, 6) is 0.327. The lowest BCUT2D eigenvalue weighted by Gasteiger charge is -2.09. The second-order valence-electron chi connectivity index (χ2n) is 4.11. The zero-order valence-corrected chi connectivity index (χ0v) is 11.3. The fraction of sp³-hybridized carbons (Fsp3) is 0.231. The number of hydrogen-bond donors (Lipinski definition) is 0. The van der Waals surface area contributed by atoms with E-state index in [0.717, 1.165) is 15.9 Å². The first-order valence-electron chi connectivity index (χ1n) is 5.38. The van der Waals surface area contributed by atoms with Gasteiger partial charge in [-0.3, -0.25) is 0 Å². The fourth-order valence-corrected chi connectivity index (χ4v) is 1.91. The Bertz CT molecular complexity index is 561. The van der Waals surface area contributed by atoms with Crippen molar-refractivity contribution in [2.24, 2.45) is 0 Å². The van der Waals surface area contributed by atoms with Crippen molar-refractivity contribution in [1.82, 2.24) is 9.78 Å². The zero-order chi connectivity index (χ0) is 12.4. The van der Waals surface area contributed by atoms with E-state index in [9.17, 15) is 0 Å². The highest BCUT2D eigenvalue weighted by molar-refractivity contribution is 9.10. The number of hydrogen-bond acceptors (Lipinski definition) is 2. The summed E-state index contributed by atoms with van der Waals surface area (Å²) < 4.78 is 2.86. The Morgan fingerprint density at radius 3 is 2.47 bits per heavy atom. The first-order chi connectivity index (χ1) is 8.11. The standard InChI is InChI=1S/C13H12BrN3/c1-9(2)13-7-11(8-15)16-17(13)12-5-3-10(14)4-6-12/h3-7,9H,1-2H3. The number of nitrogens with zero attached hydrogens (tertiary/aromatic N) is 3. The third kappa shape index (κ3) is 2.40. The number of aromatic nitrogens is 2. The molecule has 0 aliphatic carbocycles. The van der Waals surface area contributed by atoms with Crippen molar-refractivity contribution in [3.63, 3.8) is 0 Å². The molecule has 1 aromatic heterocycles. The van der Waals surface area contributed by atoms with Gasteiger partial charge in [-0.25, -0.2) is 4.68 Å². The van der Waals surface area contributed by atoms with Gasteiger partial charge in [0.15, 0.2) is 5.69 Å². The largest absolute Gasteiger partial charge is 0.236 e. The van der Waals surface area contributed by atoms with Crippen LogP contribution in [0.2, 0.25) is 0 Å². The van der Waals surface area contributed by atoms with Gasteiger partial charge >= 0.3 is 0 Å². The first-order valence-corrected chi connectivity index (χ1v) is 6.17. The van der Waals surface area contributed by atoms with Crippen molar-refractivity contribution in [3.8, 4) is 11.8 Å². The molecule has 0 fully saturated rings. The Labute approximate surface area is 109 Å². The molecule has 0 bridgehead atoms. The van der Waals surface area contributed by atoms with E-state index in [2.05, 4.69) is 40.9 Å². The van der Waals surface area contributed by atoms with Gasteiger partial charge in [0, 0.05) is 10.2 Å². The summed E-state index contributed by atoms with van der Waals surface area (Å²) in [4.78, 5) is 0. The number of nitriles is 1. The summed E-state index contributed by atoms with van der Waals surface area (Å²) in [6.07, 6.45) is 0. The molecular formula is C13H12BrN3. The van der Waals surface area contributed by atoms with Gasteiger partial charge in [0.05, 0.1) is 5.69 Å². The highest BCUT2D eigenvalue weighted by atomic mass is 79.9. The van der Waals surface area contributed by atoms with Crippen LogP contribution in [-0.2, 0) is 0 Å². The van der Waals surface area contributed by atoms with Gasteiger partial charge < -0.3 is 0 Å². The van der Waals surface area contributed by atoms with Crippen LogP contribution in [0.5, 0.6) is 0 Å². The summed E-state index contributed by atoms with van der Waals surface area (Å²) in [5.41, 5.74) is 2.47. The van der Waals surface area contributed by atoms with Crippen LogP contribution in [0.1, 0.15) is 31.2 Å². The van der Waals surface area contributed by atoms with Gasteiger partial charge in [-0.15, -0.1) is 0 Å². The molecule has 0 unspecified atom stereocenters. The zero-order valence-electron chi connectivity index (χ0n) is 9.68. The molecule has 0 saturated carbocycles. The van der Waals surface area contributed by atoms with Crippen LogP contribution in [0.3, 0.4) is 0 Å². The maximum absolute atomic E-state index is 8.91. The van der Waals surface area contributed by atoms with Gasteiger partial charge in [0.25, 0.3) is 0 Å². The molecule has 0 atom stereocenters. The smallest absolute Gasteiger partial charge is 0.163 e. The Hall–Kier alpha value is -1.60. The average Bonchev–Trinajstić information content (AvgIpc) is 2.74. The van der Waals surface area contributed by atoms with Gasteiger partial charge in [-0.1, -0.05) is 29.8 Å². The Kier molecular flexibility index (Phi) is 3.30. The van der Waals surface area contributed by atoms with Crippen molar-refractivity contribution in [2.75, 3.05) is 0 Å². The van der Waals surface area contributed by atoms with Crippen molar-refractivity contribution in [2.45, 2.75) is 19.8 Å². The van der Waals surface area contributed by atoms with E-state index < -0.39 is 0 Å². The van der Waals surface area contributed by atoms with Crippen LogP contribution >= 0.6 is 15.9 Å². The summed E-state index contributed by atoms with van der Waals surface area (Å²) in [6, 6.07) is 11.8. The quantitative estimate of drug-likeness (QED) is 0.847. The molecule has 0 N–H and O–H groups in total. The fourth-order valence-electron chi connectivity index (χ4n) is 1.65. The molecule has 17 heavy (non-hydrogen) atoms. The third-order valence-corrected chi connectivity index (χ3v) is 3.04. The molecule has 0 aliphatic rings. The highest BCUT2D eigenvalue weighted by Crippen LogP contribution is 2.21. The van der Waals surface area contributed by atoms with Crippen molar-refractivity contribution in [1.29, 1.82) is 5.26 Å². The molecule has 2 aromatic rings. The van der Waals surface area contributed by atoms with Gasteiger partial charge in [0.2, 0.25) is 0 Å². The number of benzene rings is 1. The van der Waals surface area contributed by atoms with Crippen LogP contribution in [0.15, 0.2) is 34.8 Å². The predicted octanol–water partition coefficient (Wildman–Crippen LogP) is 3.63. The van der Waals surface area contributed by atoms with Crippen molar-refractivity contribution < 1.29 is 0 Å². The van der Waals surface area contributed by atoms with E-state index in [1.165, 1.54) is 0 Å². The van der Waals surface area contributed by atoms with Crippen LogP contribution in [0.4, 0.5) is 0 Å². The second kappa shape index (κ2) is 4.72. The van der Waals surface area contributed by atoms with E-state index in [0.29, 0.717) is 11.6 Å². The molecule has 4 heteroatoms. The van der Waals surface area contributed by atoms with Crippen LogP contribution in [-0.4, -0.2) is 9.78 Å². The van der Waals surface area contributed by atoms with Crippen molar-refractivity contribution >= 4 is 15.9 Å². The molecular weight excluding hydrogens is 278 g/mol.